The Morgan fingerprint density at radius 2 is 1.12 bits per heavy atom. The molecule has 2 aromatic carbocycles. The summed E-state index contributed by atoms with van der Waals surface area (Å²) in [7, 11) is 4.95. The van der Waals surface area contributed by atoms with Crippen molar-refractivity contribution in [1.29, 1.82) is 0 Å². The van der Waals surface area contributed by atoms with E-state index >= 15 is 0 Å². The molecule has 0 aliphatic carbocycles. The molecule has 0 saturated carbocycles. The van der Waals surface area contributed by atoms with Crippen molar-refractivity contribution in [2.75, 3.05) is 14.1 Å². The highest BCUT2D eigenvalue weighted by atomic mass is 15.4. The van der Waals surface area contributed by atoms with Crippen LogP contribution in [0.25, 0.3) is 0 Å². The van der Waals surface area contributed by atoms with Crippen LogP contribution in [0.1, 0.15) is 43.2 Å². The minimum atomic E-state index is 0.805. The van der Waals surface area contributed by atoms with E-state index in [9.17, 15) is 0 Å². The van der Waals surface area contributed by atoms with Crippen molar-refractivity contribution in [1.82, 2.24) is 0 Å². The Hall–Kier alpha value is -1.60. The molecule has 128 valence electrons. The first kappa shape index (κ1) is 17.2. The quantitative estimate of drug-likeness (QED) is 0.637. The van der Waals surface area contributed by atoms with Gasteiger partial charge in [-0.25, -0.2) is 0 Å². The molecule has 0 bridgehead atoms. The Labute approximate surface area is 147 Å². The second kappa shape index (κ2) is 7.98. The number of benzene rings is 2. The van der Waals surface area contributed by atoms with Crippen molar-refractivity contribution in [2.45, 2.75) is 57.0 Å². The maximum atomic E-state index is 2.48. The van der Waals surface area contributed by atoms with Gasteiger partial charge in [-0.3, -0.25) is 0 Å². The van der Waals surface area contributed by atoms with Gasteiger partial charge in [0.05, 0.1) is 26.2 Å². The highest BCUT2D eigenvalue weighted by Gasteiger charge is 2.38. The highest BCUT2D eigenvalue weighted by molar-refractivity contribution is 5.15. The number of likely N-dealkylation sites (tertiary alicyclic amines) is 1. The van der Waals surface area contributed by atoms with E-state index in [0.29, 0.717) is 0 Å². The molecule has 24 heavy (non-hydrogen) atoms. The third kappa shape index (κ3) is 4.27. The normalized spacial score (nSPS) is 23.1. The first-order valence-corrected chi connectivity index (χ1v) is 9.57. The lowest BCUT2D eigenvalue weighted by Gasteiger charge is -2.48. The molecule has 2 aromatic rings. The first-order chi connectivity index (χ1) is 11.7. The highest BCUT2D eigenvalue weighted by Crippen LogP contribution is 2.32. The molecular weight excluding hydrogens is 290 g/mol. The van der Waals surface area contributed by atoms with E-state index in [1.54, 1.807) is 0 Å². The fraction of sp³-hybridized carbons (Fsp3) is 0.478. The minimum Gasteiger partial charge on any atom is -0.324 e. The SMILES string of the molecule is C[N+]1(C)[C@H](CCc2ccccc2)CCC[C@H]1CCc1ccccc1. The molecule has 0 aromatic heterocycles. The molecule has 1 nitrogen and oxygen atoms in total. The van der Waals surface area contributed by atoms with E-state index in [2.05, 4.69) is 74.8 Å². The van der Waals surface area contributed by atoms with E-state index < -0.39 is 0 Å². The zero-order valence-electron chi connectivity index (χ0n) is 15.3. The van der Waals surface area contributed by atoms with Gasteiger partial charge in [-0.1, -0.05) is 60.7 Å². The van der Waals surface area contributed by atoms with Gasteiger partial charge in [-0.2, -0.15) is 0 Å². The summed E-state index contributed by atoms with van der Waals surface area (Å²) >= 11 is 0. The van der Waals surface area contributed by atoms with Crippen molar-refractivity contribution in [3.63, 3.8) is 0 Å². The molecular formula is C23H32N+. The Morgan fingerprint density at radius 1 is 0.708 bits per heavy atom. The molecule has 1 heterocycles. The monoisotopic (exact) mass is 322 g/mol. The average Bonchev–Trinajstić information content (AvgIpc) is 2.61. The van der Waals surface area contributed by atoms with E-state index in [1.165, 1.54) is 60.6 Å². The van der Waals surface area contributed by atoms with Crippen molar-refractivity contribution >= 4 is 0 Å². The van der Waals surface area contributed by atoms with Crippen LogP contribution in [-0.2, 0) is 12.8 Å². The predicted octanol–water partition coefficient (Wildman–Crippen LogP) is 5.25. The molecule has 0 N–H and O–H groups in total. The molecule has 2 atom stereocenters. The number of aryl methyl sites for hydroxylation is 2. The van der Waals surface area contributed by atoms with Gasteiger partial charge in [-0.05, 0) is 43.2 Å². The summed E-state index contributed by atoms with van der Waals surface area (Å²) in [5.74, 6) is 0. The minimum absolute atomic E-state index is 0.805. The van der Waals surface area contributed by atoms with Gasteiger partial charge in [-0.15, -0.1) is 0 Å². The van der Waals surface area contributed by atoms with Crippen LogP contribution in [0.5, 0.6) is 0 Å². The number of rotatable bonds is 6. The summed E-state index contributed by atoms with van der Waals surface area (Å²) in [6, 6.07) is 23.6. The number of quaternary nitrogens is 1. The van der Waals surface area contributed by atoms with E-state index in [1.807, 2.05) is 0 Å². The number of nitrogens with zero attached hydrogens (tertiary/aromatic N) is 1. The Bertz CT molecular complexity index is 549. The molecule has 1 fully saturated rings. The van der Waals surface area contributed by atoms with Crippen molar-refractivity contribution < 1.29 is 4.48 Å². The van der Waals surface area contributed by atoms with Gasteiger partial charge >= 0.3 is 0 Å². The van der Waals surface area contributed by atoms with E-state index in [-0.39, 0.29) is 0 Å². The summed E-state index contributed by atoms with van der Waals surface area (Å²) in [5, 5.41) is 0. The third-order valence-electron chi connectivity index (χ3n) is 6.18. The molecule has 0 radical (unpaired) electrons. The lowest BCUT2D eigenvalue weighted by molar-refractivity contribution is -0.944. The molecule has 0 unspecified atom stereocenters. The average molecular weight is 323 g/mol. The number of hydrogen-bond acceptors (Lipinski definition) is 0. The van der Waals surface area contributed by atoms with Crippen LogP contribution in [-0.4, -0.2) is 30.7 Å². The van der Waals surface area contributed by atoms with Crippen LogP contribution in [0.4, 0.5) is 0 Å². The van der Waals surface area contributed by atoms with Crippen LogP contribution in [0.15, 0.2) is 60.7 Å². The summed E-state index contributed by atoms with van der Waals surface area (Å²) in [5.41, 5.74) is 2.98. The van der Waals surface area contributed by atoms with Gasteiger partial charge in [0.15, 0.2) is 0 Å². The largest absolute Gasteiger partial charge is 0.324 e. The van der Waals surface area contributed by atoms with Crippen molar-refractivity contribution in [3.8, 4) is 0 Å². The van der Waals surface area contributed by atoms with Crippen LogP contribution >= 0.6 is 0 Å². The third-order valence-corrected chi connectivity index (χ3v) is 6.18. The first-order valence-electron chi connectivity index (χ1n) is 9.57. The predicted molar refractivity (Wildman–Crippen MR) is 103 cm³/mol. The summed E-state index contributed by atoms with van der Waals surface area (Å²) in [6.45, 7) is 0. The van der Waals surface area contributed by atoms with E-state index in [0.717, 1.165) is 12.1 Å². The standard InChI is InChI=1S/C23H32N/c1-24(2)22(18-16-20-10-5-3-6-11-20)14-9-15-23(24)19-17-21-12-7-4-8-13-21/h3-8,10-13,22-23H,9,14-19H2,1-2H3/q+1/t22-,23-/m0/s1. The van der Waals surface area contributed by atoms with Crippen molar-refractivity contribution in [3.05, 3.63) is 71.8 Å². The van der Waals surface area contributed by atoms with Gasteiger partial charge in [0.2, 0.25) is 0 Å². The van der Waals surface area contributed by atoms with Gasteiger partial charge in [0.1, 0.15) is 0 Å². The zero-order valence-corrected chi connectivity index (χ0v) is 15.3. The molecule has 1 saturated heterocycles. The summed E-state index contributed by atoms with van der Waals surface area (Å²) in [6.07, 6.45) is 9.26. The lowest BCUT2D eigenvalue weighted by atomic mass is 9.87. The molecule has 3 rings (SSSR count). The van der Waals surface area contributed by atoms with Crippen LogP contribution in [0.2, 0.25) is 0 Å². The smallest absolute Gasteiger partial charge is 0.0891 e. The molecule has 1 aliphatic heterocycles. The second-order valence-electron chi connectivity index (χ2n) is 7.92. The summed E-state index contributed by atoms with van der Waals surface area (Å²) in [4.78, 5) is 0. The van der Waals surface area contributed by atoms with Crippen LogP contribution in [0, 0.1) is 0 Å². The maximum Gasteiger partial charge on any atom is 0.0891 e. The van der Waals surface area contributed by atoms with Gasteiger partial charge in [0.25, 0.3) is 0 Å². The van der Waals surface area contributed by atoms with Gasteiger partial charge in [0, 0.05) is 12.8 Å². The fourth-order valence-corrected chi connectivity index (χ4v) is 4.46. The molecule has 0 spiro atoms. The fourth-order valence-electron chi connectivity index (χ4n) is 4.46. The van der Waals surface area contributed by atoms with Crippen LogP contribution < -0.4 is 0 Å². The Morgan fingerprint density at radius 3 is 1.54 bits per heavy atom. The second-order valence-corrected chi connectivity index (χ2v) is 7.92. The lowest BCUT2D eigenvalue weighted by Crippen LogP contribution is -2.58. The number of piperidine rings is 1. The molecule has 0 amide bonds. The summed E-state index contributed by atoms with van der Waals surface area (Å²) < 4.78 is 1.21. The van der Waals surface area contributed by atoms with Gasteiger partial charge < -0.3 is 4.48 Å². The maximum absolute atomic E-state index is 2.48. The zero-order chi connectivity index (χ0) is 16.8. The van der Waals surface area contributed by atoms with E-state index in [4.69, 9.17) is 0 Å². The number of hydrogen-bond donors (Lipinski definition) is 0. The van der Waals surface area contributed by atoms with Crippen LogP contribution in [0.3, 0.4) is 0 Å². The Kier molecular flexibility index (Phi) is 5.73. The topological polar surface area (TPSA) is 0 Å². The molecule has 1 aliphatic rings. The molecule has 1 heteroatoms. The Balaban J connectivity index is 1.58. The van der Waals surface area contributed by atoms with Crippen molar-refractivity contribution in [2.24, 2.45) is 0 Å².